The number of anilines is 2. The molecule has 0 unspecified atom stereocenters. The zero-order valence-electron chi connectivity index (χ0n) is 16.5. The standard InChI is InChI=1S/C22H24N4O2/c1-14-9-15(2)21(16(3)10-14)26-20-11-19(24-13-25-20)22(27)23-12-17-5-7-18(28-4)8-6-17/h5-11,13H,12H2,1-4H3,(H,23,27)(H,24,25,26). The van der Waals surface area contributed by atoms with Crippen molar-refractivity contribution in [2.75, 3.05) is 12.4 Å². The second-order valence-electron chi connectivity index (χ2n) is 6.72. The number of amides is 1. The van der Waals surface area contributed by atoms with Gasteiger partial charge < -0.3 is 15.4 Å². The molecule has 2 aromatic carbocycles. The summed E-state index contributed by atoms with van der Waals surface area (Å²) in [6, 6.07) is 13.4. The third kappa shape index (κ3) is 4.65. The molecule has 1 amide bonds. The van der Waals surface area contributed by atoms with Crippen LogP contribution in [0.2, 0.25) is 0 Å². The highest BCUT2D eigenvalue weighted by Crippen LogP contribution is 2.25. The number of benzene rings is 2. The van der Waals surface area contributed by atoms with Gasteiger partial charge in [-0.2, -0.15) is 0 Å². The summed E-state index contributed by atoms with van der Waals surface area (Å²) < 4.78 is 5.14. The Hall–Kier alpha value is -3.41. The van der Waals surface area contributed by atoms with Gasteiger partial charge in [-0.25, -0.2) is 9.97 Å². The third-order valence-electron chi connectivity index (χ3n) is 4.44. The van der Waals surface area contributed by atoms with Crippen molar-refractivity contribution in [2.24, 2.45) is 0 Å². The lowest BCUT2D eigenvalue weighted by Crippen LogP contribution is -2.24. The average Bonchev–Trinajstić information content (AvgIpc) is 2.69. The maximum atomic E-state index is 12.5. The molecule has 6 heteroatoms. The zero-order valence-corrected chi connectivity index (χ0v) is 16.5. The van der Waals surface area contributed by atoms with Gasteiger partial charge in [-0.1, -0.05) is 29.8 Å². The molecule has 0 aliphatic carbocycles. The van der Waals surface area contributed by atoms with Crippen LogP contribution < -0.4 is 15.4 Å². The van der Waals surface area contributed by atoms with Gasteiger partial charge in [0, 0.05) is 18.3 Å². The van der Waals surface area contributed by atoms with Crippen LogP contribution in [0.25, 0.3) is 0 Å². The average molecular weight is 376 g/mol. The molecule has 0 radical (unpaired) electrons. The molecular weight excluding hydrogens is 352 g/mol. The van der Waals surface area contributed by atoms with Crippen molar-refractivity contribution in [1.82, 2.24) is 15.3 Å². The maximum Gasteiger partial charge on any atom is 0.270 e. The predicted octanol–water partition coefficient (Wildman–Crippen LogP) is 4.08. The van der Waals surface area contributed by atoms with Crippen molar-refractivity contribution in [2.45, 2.75) is 27.3 Å². The van der Waals surface area contributed by atoms with E-state index in [9.17, 15) is 4.79 Å². The fourth-order valence-corrected chi connectivity index (χ4v) is 3.07. The van der Waals surface area contributed by atoms with Crippen LogP contribution in [0.5, 0.6) is 5.75 Å². The number of carbonyl (C=O) groups excluding carboxylic acids is 1. The fraction of sp³-hybridized carbons (Fsp3) is 0.227. The number of hydrogen-bond acceptors (Lipinski definition) is 5. The summed E-state index contributed by atoms with van der Waals surface area (Å²) in [4.78, 5) is 20.8. The van der Waals surface area contributed by atoms with Crippen LogP contribution in [0, 0.1) is 20.8 Å². The molecule has 144 valence electrons. The molecular formula is C22H24N4O2. The van der Waals surface area contributed by atoms with Crippen molar-refractivity contribution >= 4 is 17.4 Å². The van der Waals surface area contributed by atoms with Gasteiger partial charge in [0.15, 0.2) is 0 Å². The van der Waals surface area contributed by atoms with Crippen LogP contribution >= 0.6 is 0 Å². The number of hydrogen-bond donors (Lipinski definition) is 2. The third-order valence-corrected chi connectivity index (χ3v) is 4.44. The monoisotopic (exact) mass is 376 g/mol. The van der Waals surface area contributed by atoms with Gasteiger partial charge in [0.25, 0.3) is 5.91 Å². The molecule has 1 heterocycles. The van der Waals surface area contributed by atoms with E-state index in [1.165, 1.54) is 11.9 Å². The Bertz CT molecular complexity index is 961. The predicted molar refractivity (Wildman–Crippen MR) is 110 cm³/mol. The summed E-state index contributed by atoms with van der Waals surface area (Å²) in [7, 11) is 1.62. The van der Waals surface area contributed by atoms with Crippen LogP contribution in [-0.4, -0.2) is 23.0 Å². The summed E-state index contributed by atoms with van der Waals surface area (Å²) >= 11 is 0. The van der Waals surface area contributed by atoms with E-state index in [0.717, 1.165) is 28.1 Å². The van der Waals surface area contributed by atoms with Crippen molar-refractivity contribution in [3.8, 4) is 5.75 Å². The molecule has 3 aromatic rings. The van der Waals surface area contributed by atoms with Gasteiger partial charge in [0.05, 0.1) is 7.11 Å². The van der Waals surface area contributed by atoms with Gasteiger partial charge >= 0.3 is 0 Å². The molecule has 3 rings (SSSR count). The van der Waals surface area contributed by atoms with E-state index in [2.05, 4.69) is 39.7 Å². The SMILES string of the molecule is COc1ccc(CNC(=O)c2cc(Nc3c(C)cc(C)cc3C)ncn2)cc1. The first-order chi connectivity index (χ1) is 13.5. The molecule has 0 atom stereocenters. The molecule has 6 nitrogen and oxygen atoms in total. The highest BCUT2D eigenvalue weighted by Gasteiger charge is 2.10. The van der Waals surface area contributed by atoms with Crippen LogP contribution in [0.3, 0.4) is 0 Å². The first-order valence-electron chi connectivity index (χ1n) is 9.04. The topological polar surface area (TPSA) is 76.1 Å². The number of methoxy groups -OCH3 is 1. The number of rotatable bonds is 6. The van der Waals surface area contributed by atoms with Gasteiger partial charge in [-0.05, 0) is 49.6 Å². The number of nitrogens with one attached hydrogen (secondary N) is 2. The smallest absolute Gasteiger partial charge is 0.270 e. The minimum atomic E-state index is -0.251. The molecule has 0 saturated carbocycles. The van der Waals surface area contributed by atoms with Crippen LogP contribution in [-0.2, 0) is 6.54 Å². The van der Waals surface area contributed by atoms with Gasteiger partial charge in [-0.3, -0.25) is 4.79 Å². The fourth-order valence-electron chi connectivity index (χ4n) is 3.07. The van der Waals surface area contributed by atoms with Crippen LogP contribution in [0.4, 0.5) is 11.5 Å². The second-order valence-corrected chi connectivity index (χ2v) is 6.72. The zero-order chi connectivity index (χ0) is 20.1. The molecule has 2 N–H and O–H groups in total. The van der Waals surface area contributed by atoms with Gasteiger partial charge in [-0.15, -0.1) is 0 Å². The molecule has 28 heavy (non-hydrogen) atoms. The van der Waals surface area contributed by atoms with Crippen LogP contribution in [0.1, 0.15) is 32.7 Å². The van der Waals surface area contributed by atoms with Crippen molar-refractivity contribution in [3.05, 3.63) is 76.7 Å². The van der Waals surface area contributed by atoms with E-state index < -0.39 is 0 Å². The number of carbonyl (C=O) groups is 1. The largest absolute Gasteiger partial charge is 0.497 e. The summed E-state index contributed by atoms with van der Waals surface area (Å²) in [6.07, 6.45) is 1.39. The Balaban J connectivity index is 1.69. The summed E-state index contributed by atoms with van der Waals surface area (Å²) in [5.74, 6) is 1.11. The molecule has 0 aliphatic heterocycles. The molecule has 0 aliphatic rings. The Morgan fingerprint density at radius 3 is 2.32 bits per heavy atom. The van der Waals surface area contributed by atoms with E-state index in [4.69, 9.17) is 4.74 Å². The van der Waals surface area contributed by atoms with Gasteiger partial charge in [0.2, 0.25) is 0 Å². The highest BCUT2D eigenvalue weighted by molar-refractivity contribution is 5.93. The number of aryl methyl sites for hydroxylation is 3. The maximum absolute atomic E-state index is 12.5. The normalized spacial score (nSPS) is 10.4. The quantitative estimate of drug-likeness (QED) is 0.678. The number of aromatic nitrogens is 2. The molecule has 0 bridgehead atoms. The molecule has 0 spiro atoms. The first kappa shape index (κ1) is 19.4. The molecule has 1 aromatic heterocycles. The Morgan fingerprint density at radius 1 is 1.00 bits per heavy atom. The lowest BCUT2D eigenvalue weighted by atomic mass is 10.1. The molecule has 0 saturated heterocycles. The van der Waals surface area contributed by atoms with E-state index in [-0.39, 0.29) is 5.91 Å². The highest BCUT2D eigenvalue weighted by atomic mass is 16.5. The number of nitrogens with zero attached hydrogens (tertiary/aromatic N) is 2. The van der Waals surface area contributed by atoms with E-state index in [1.807, 2.05) is 38.1 Å². The second kappa shape index (κ2) is 8.52. The van der Waals surface area contributed by atoms with Crippen molar-refractivity contribution in [1.29, 1.82) is 0 Å². The van der Waals surface area contributed by atoms with E-state index >= 15 is 0 Å². The Labute approximate surface area is 165 Å². The van der Waals surface area contributed by atoms with E-state index in [1.54, 1.807) is 13.2 Å². The lowest BCUT2D eigenvalue weighted by Gasteiger charge is -2.13. The first-order valence-corrected chi connectivity index (χ1v) is 9.04. The minimum absolute atomic E-state index is 0.251. The van der Waals surface area contributed by atoms with Gasteiger partial charge in [0.1, 0.15) is 23.6 Å². The Morgan fingerprint density at radius 2 is 1.68 bits per heavy atom. The lowest BCUT2D eigenvalue weighted by molar-refractivity contribution is 0.0946. The number of ether oxygens (including phenoxy) is 1. The summed E-state index contributed by atoms with van der Waals surface area (Å²) in [5.41, 5.74) is 5.75. The van der Waals surface area contributed by atoms with Crippen molar-refractivity contribution < 1.29 is 9.53 Å². The Kier molecular flexibility index (Phi) is 5.89. The van der Waals surface area contributed by atoms with E-state index in [0.29, 0.717) is 18.1 Å². The summed E-state index contributed by atoms with van der Waals surface area (Å²) in [6.45, 7) is 6.57. The van der Waals surface area contributed by atoms with Crippen LogP contribution in [0.15, 0.2) is 48.8 Å². The summed E-state index contributed by atoms with van der Waals surface area (Å²) in [5, 5.41) is 6.18. The molecule has 0 fully saturated rings. The van der Waals surface area contributed by atoms with Crippen molar-refractivity contribution in [3.63, 3.8) is 0 Å². The minimum Gasteiger partial charge on any atom is -0.497 e.